The van der Waals surface area contributed by atoms with Crippen molar-refractivity contribution in [1.82, 2.24) is 0 Å². The van der Waals surface area contributed by atoms with Crippen LogP contribution in [-0.2, 0) is 12.4 Å². The molecule has 0 fully saturated rings. The Morgan fingerprint density at radius 2 is 0.828 bits per heavy atom. The van der Waals surface area contributed by atoms with Crippen LogP contribution in [0.3, 0.4) is 0 Å². The molecule has 12 rings (SSSR count). The molecule has 2 nitrogen and oxygen atoms in total. The van der Waals surface area contributed by atoms with Crippen molar-refractivity contribution in [2.45, 2.75) is 51.9 Å². The fourth-order valence-corrected chi connectivity index (χ4v) is 10.8. The first-order valence-electron chi connectivity index (χ1n) is 19.6. The van der Waals surface area contributed by atoms with Crippen molar-refractivity contribution >= 4 is 78.5 Å². The Kier molecular flexibility index (Phi) is 6.47. The molecule has 0 saturated carbocycles. The van der Waals surface area contributed by atoms with E-state index in [2.05, 4.69) is 52.0 Å². The van der Waals surface area contributed by atoms with Gasteiger partial charge in [-0.1, -0.05) is 87.2 Å². The molecule has 4 heterocycles. The average Bonchev–Trinajstić information content (AvgIpc) is 3.18. The zero-order valence-corrected chi connectivity index (χ0v) is 31.6. The number of fused-ring (bicyclic) bond motifs is 8. The van der Waals surface area contributed by atoms with Crippen LogP contribution >= 0.6 is 0 Å². The maximum atomic E-state index is 14.8. The molecular weight excluding hydrogens is 744 g/mol. The predicted molar refractivity (Wildman–Crippen MR) is 222 cm³/mol. The molecule has 58 heavy (non-hydrogen) atoms. The lowest BCUT2D eigenvalue weighted by atomic mass is 9.31. The van der Waals surface area contributed by atoms with Gasteiger partial charge < -0.3 is 9.47 Å². The minimum absolute atomic E-state index is 0.0282. The summed E-state index contributed by atoms with van der Waals surface area (Å²) in [5.74, 6) is 1.35. The Bertz CT molecular complexity index is 2970. The monoisotopic (exact) mass is 774 g/mol. The molecule has 8 aromatic rings. The maximum absolute atomic E-state index is 14.8. The van der Waals surface area contributed by atoms with E-state index in [1.165, 1.54) is 12.1 Å². The number of rotatable bonds is 2. The van der Waals surface area contributed by atoms with Gasteiger partial charge in [0.2, 0.25) is 0 Å². The SMILES string of the molecule is CC(C)c1cc2c3c(cc4c(C(C)C)cc5c6c(cc1c3c46)B1c3ccccc3Oc3cc(C(F)(F)F)cc-5c31)B1c3ccccc3Oc3cc(C(F)(F)F)cc-2c31. The van der Waals surface area contributed by atoms with Gasteiger partial charge in [0.25, 0.3) is 13.4 Å². The van der Waals surface area contributed by atoms with Crippen LogP contribution in [0.5, 0.6) is 23.0 Å². The fraction of sp³-hybridized carbons (Fsp3) is 0.167. The van der Waals surface area contributed by atoms with Crippen LogP contribution in [-0.4, -0.2) is 13.4 Å². The minimum atomic E-state index is -4.62. The zero-order chi connectivity index (χ0) is 39.9. The van der Waals surface area contributed by atoms with Gasteiger partial charge in [-0.3, -0.25) is 0 Å². The summed E-state index contributed by atoms with van der Waals surface area (Å²) in [5.41, 5.74) is 7.88. The average molecular weight is 774 g/mol. The van der Waals surface area contributed by atoms with Gasteiger partial charge in [0, 0.05) is 0 Å². The van der Waals surface area contributed by atoms with Crippen molar-refractivity contribution in [3.8, 4) is 45.3 Å². The Morgan fingerprint density at radius 1 is 0.431 bits per heavy atom. The lowest BCUT2D eigenvalue weighted by Crippen LogP contribution is -2.58. The number of halogens is 6. The molecule has 0 saturated heterocycles. The number of ether oxygens (including phenoxy) is 2. The summed E-state index contributed by atoms with van der Waals surface area (Å²) < 4.78 is 101. The van der Waals surface area contributed by atoms with Crippen LogP contribution in [0.1, 0.15) is 61.8 Å². The van der Waals surface area contributed by atoms with Crippen LogP contribution < -0.4 is 42.3 Å². The number of para-hydroxylation sites is 2. The first-order chi connectivity index (χ1) is 27.7. The van der Waals surface area contributed by atoms with Gasteiger partial charge in [0.15, 0.2) is 0 Å². The zero-order valence-electron chi connectivity index (χ0n) is 31.6. The second-order valence-corrected chi connectivity index (χ2v) is 16.9. The first-order valence-corrected chi connectivity index (χ1v) is 19.6. The lowest BCUT2D eigenvalue weighted by Gasteiger charge is -2.38. The van der Waals surface area contributed by atoms with E-state index in [-0.39, 0.29) is 23.3 Å². The number of hydrogen-bond donors (Lipinski definition) is 0. The number of alkyl halides is 6. The largest absolute Gasteiger partial charge is 0.458 e. The van der Waals surface area contributed by atoms with E-state index < -0.39 is 36.9 Å². The molecule has 0 N–H and O–H groups in total. The molecule has 0 unspecified atom stereocenters. The highest BCUT2D eigenvalue weighted by molar-refractivity contribution is 7.01. The van der Waals surface area contributed by atoms with Gasteiger partial charge >= 0.3 is 12.4 Å². The van der Waals surface area contributed by atoms with E-state index in [0.717, 1.165) is 77.4 Å². The second-order valence-electron chi connectivity index (χ2n) is 16.9. The normalized spacial score (nSPS) is 14.6. The quantitative estimate of drug-likeness (QED) is 0.0990. The van der Waals surface area contributed by atoms with Crippen molar-refractivity contribution in [3.05, 3.63) is 119 Å². The summed E-state index contributed by atoms with van der Waals surface area (Å²) in [5, 5.41) is 5.58. The first kappa shape index (κ1) is 34.2. The molecule has 4 aliphatic heterocycles. The van der Waals surface area contributed by atoms with Crippen molar-refractivity contribution in [1.29, 1.82) is 0 Å². The van der Waals surface area contributed by atoms with Crippen molar-refractivity contribution in [2.75, 3.05) is 0 Å². The molecule has 0 bridgehead atoms. The van der Waals surface area contributed by atoms with E-state index in [0.29, 0.717) is 44.7 Å². The van der Waals surface area contributed by atoms with Gasteiger partial charge in [-0.05, 0) is 148 Å². The molecule has 0 radical (unpaired) electrons. The smallest absolute Gasteiger partial charge is 0.416 e. The fourth-order valence-electron chi connectivity index (χ4n) is 10.8. The topological polar surface area (TPSA) is 18.5 Å². The Morgan fingerprint density at radius 3 is 1.21 bits per heavy atom. The molecule has 8 aromatic carbocycles. The molecule has 10 heteroatoms. The summed E-state index contributed by atoms with van der Waals surface area (Å²) in [7, 11) is 0. The van der Waals surface area contributed by atoms with Gasteiger partial charge in [-0.15, -0.1) is 0 Å². The van der Waals surface area contributed by atoms with E-state index in [1.807, 2.05) is 36.4 Å². The highest BCUT2D eigenvalue weighted by Crippen LogP contribution is 2.51. The molecule has 0 atom stereocenters. The highest BCUT2D eigenvalue weighted by Gasteiger charge is 2.46. The van der Waals surface area contributed by atoms with E-state index in [1.54, 1.807) is 12.1 Å². The third-order valence-electron chi connectivity index (χ3n) is 13.1. The summed E-state index contributed by atoms with van der Waals surface area (Å²) in [6.45, 7) is 7.54. The standard InChI is InChI=1S/C48H30B2F6O2/c1-21(2)25-17-27-31-13-23(47(51,52)53)15-39-45(31)50(34-10-6-8-12-38(34)57-39)36-20-30-26(22(3)4)18-28-32-14-24(48(54,55)56)16-40-46(32)49(33-9-5-7-11-37(33)58-40)35-19-29(25)43(41(27)36)44(30)42(28)35/h5-22H,1-4H3. The Hall–Kier alpha value is -5.89. The maximum Gasteiger partial charge on any atom is 0.416 e. The van der Waals surface area contributed by atoms with Crippen LogP contribution in [0.2, 0.25) is 0 Å². The van der Waals surface area contributed by atoms with Crippen LogP contribution in [0, 0.1) is 0 Å². The Balaban J connectivity index is 1.32. The summed E-state index contributed by atoms with van der Waals surface area (Å²) in [6, 6.07) is 28.5. The van der Waals surface area contributed by atoms with Gasteiger partial charge in [0.05, 0.1) is 11.1 Å². The highest BCUT2D eigenvalue weighted by atomic mass is 19.4. The molecular formula is C48H30B2F6O2. The molecule has 282 valence electrons. The lowest BCUT2D eigenvalue weighted by molar-refractivity contribution is -0.138. The van der Waals surface area contributed by atoms with Crippen molar-refractivity contribution in [3.63, 3.8) is 0 Å². The number of benzene rings is 8. The molecule has 0 aliphatic carbocycles. The second kappa shape index (κ2) is 11.0. The van der Waals surface area contributed by atoms with E-state index in [9.17, 15) is 26.3 Å². The van der Waals surface area contributed by atoms with Crippen molar-refractivity contribution in [2.24, 2.45) is 0 Å². The van der Waals surface area contributed by atoms with E-state index >= 15 is 0 Å². The molecule has 4 aliphatic rings. The Labute approximate surface area is 329 Å². The van der Waals surface area contributed by atoms with Crippen LogP contribution in [0.4, 0.5) is 26.3 Å². The molecule has 0 spiro atoms. The van der Waals surface area contributed by atoms with Crippen LogP contribution in [0.25, 0.3) is 54.6 Å². The van der Waals surface area contributed by atoms with Gasteiger partial charge in [-0.25, -0.2) is 0 Å². The summed E-state index contributed by atoms with van der Waals surface area (Å²) in [6.07, 6.45) is -9.25. The third-order valence-corrected chi connectivity index (χ3v) is 13.1. The van der Waals surface area contributed by atoms with Crippen LogP contribution in [0.15, 0.2) is 97.1 Å². The van der Waals surface area contributed by atoms with Gasteiger partial charge in [-0.2, -0.15) is 26.3 Å². The third kappa shape index (κ3) is 4.28. The van der Waals surface area contributed by atoms with E-state index in [4.69, 9.17) is 9.47 Å². The minimum Gasteiger partial charge on any atom is -0.458 e. The molecule has 0 aromatic heterocycles. The molecule has 0 amide bonds. The number of hydrogen-bond acceptors (Lipinski definition) is 2. The predicted octanol–water partition coefficient (Wildman–Crippen LogP) is 10.1. The summed E-state index contributed by atoms with van der Waals surface area (Å²) >= 11 is 0. The van der Waals surface area contributed by atoms with Gasteiger partial charge in [0.1, 0.15) is 23.0 Å². The van der Waals surface area contributed by atoms with Crippen molar-refractivity contribution < 1.29 is 35.8 Å². The summed E-state index contributed by atoms with van der Waals surface area (Å²) in [4.78, 5) is 0.